The largest absolute Gasteiger partial charge is 0.303 e. The summed E-state index contributed by atoms with van der Waals surface area (Å²) in [5.74, 6) is 0. The monoisotopic (exact) mass is 308 g/mol. The van der Waals surface area contributed by atoms with Gasteiger partial charge in [-0.15, -0.1) is 0 Å². The van der Waals surface area contributed by atoms with Crippen molar-refractivity contribution in [3.8, 4) is 0 Å². The molecule has 2 fully saturated rings. The molecule has 2 rings (SSSR count). The van der Waals surface area contributed by atoms with Crippen LogP contribution in [0.5, 0.6) is 0 Å². The van der Waals surface area contributed by atoms with E-state index in [4.69, 9.17) is 0 Å². The molecule has 2 nitrogen and oxygen atoms in total. The molecule has 2 aliphatic rings. The molecular formula is C20H40N2. The molecule has 0 radical (unpaired) electrons. The molecule has 0 unspecified atom stereocenters. The average molecular weight is 309 g/mol. The maximum absolute atomic E-state index is 2.71. The summed E-state index contributed by atoms with van der Waals surface area (Å²) >= 11 is 0. The summed E-state index contributed by atoms with van der Waals surface area (Å²) in [5.41, 5.74) is 0. The van der Waals surface area contributed by atoms with Crippen LogP contribution in [0.1, 0.15) is 89.9 Å². The lowest BCUT2D eigenvalue weighted by Gasteiger charge is -2.20. The number of likely N-dealkylation sites (tertiary alicyclic amines) is 2. The fourth-order valence-electron chi connectivity index (χ4n) is 4.10. The molecular weight excluding hydrogens is 268 g/mol. The predicted octanol–water partition coefficient (Wildman–Crippen LogP) is 5.08. The molecule has 2 aliphatic heterocycles. The molecule has 0 N–H and O–H groups in total. The van der Waals surface area contributed by atoms with E-state index in [-0.39, 0.29) is 0 Å². The molecule has 0 amide bonds. The van der Waals surface area contributed by atoms with Gasteiger partial charge in [-0.3, -0.25) is 0 Å². The van der Waals surface area contributed by atoms with E-state index in [9.17, 15) is 0 Å². The van der Waals surface area contributed by atoms with Crippen LogP contribution in [0.2, 0.25) is 0 Å². The highest BCUT2D eigenvalue weighted by atomic mass is 15.1. The topological polar surface area (TPSA) is 6.48 Å². The first-order valence-electron chi connectivity index (χ1n) is 10.4. The van der Waals surface area contributed by atoms with E-state index in [1.807, 2.05) is 0 Å². The highest BCUT2D eigenvalue weighted by Gasteiger charge is 2.09. The van der Waals surface area contributed by atoms with Crippen molar-refractivity contribution in [3.63, 3.8) is 0 Å². The smallest absolute Gasteiger partial charge is 0.00187 e. The quantitative estimate of drug-likeness (QED) is 0.548. The zero-order valence-electron chi connectivity index (χ0n) is 15.0. The van der Waals surface area contributed by atoms with Crippen LogP contribution < -0.4 is 0 Å². The Bertz CT molecular complexity index is 212. The van der Waals surface area contributed by atoms with Crippen LogP contribution in [0.4, 0.5) is 0 Å². The second kappa shape index (κ2) is 12.4. The van der Waals surface area contributed by atoms with E-state index in [1.165, 1.54) is 129 Å². The van der Waals surface area contributed by atoms with Crippen LogP contribution in [0.3, 0.4) is 0 Å². The standard InChI is InChI=1S/C20H40N2/c1(3-9-15-21-17-11-5-6-12-18-21)2-4-10-16-22-19-13-7-8-14-20-22/h1-20H2. The van der Waals surface area contributed by atoms with Crippen molar-refractivity contribution in [1.29, 1.82) is 0 Å². The fraction of sp³-hybridized carbons (Fsp3) is 1.00. The third-order valence-corrected chi connectivity index (χ3v) is 5.60. The minimum atomic E-state index is 1.37. The van der Waals surface area contributed by atoms with Crippen molar-refractivity contribution in [2.45, 2.75) is 89.9 Å². The van der Waals surface area contributed by atoms with Gasteiger partial charge in [0.1, 0.15) is 0 Å². The van der Waals surface area contributed by atoms with Gasteiger partial charge in [0.15, 0.2) is 0 Å². The molecule has 0 aromatic rings. The Morgan fingerprint density at radius 2 is 0.682 bits per heavy atom. The van der Waals surface area contributed by atoms with E-state index >= 15 is 0 Å². The lowest BCUT2D eigenvalue weighted by Crippen LogP contribution is -2.25. The molecule has 0 spiro atoms. The van der Waals surface area contributed by atoms with Gasteiger partial charge >= 0.3 is 0 Å². The molecule has 2 heteroatoms. The Balaban J connectivity index is 1.36. The van der Waals surface area contributed by atoms with Gasteiger partial charge in [0.25, 0.3) is 0 Å². The molecule has 0 bridgehead atoms. The Labute approximate surface area is 139 Å². The SMILES string of the molecule is C(CCCCN1CCCCCC1)CCCN1CCCCCC1. The zero-order valence-corrected chi connectivity index (χ0v) is 15.0. The van der Waals surface area contributed by atoms with Crippen LogP contribution in [-0.4, -0.2) is 49.1 Å². The van der Waals surface area contributed by atoms with Crippen LogP contribution >= 0.6 is 0 Å². The molecule has 2 saturated heterocycles. The van der Waals surface area contributed by atoms with E-state index in [0.717, 1.165) is 0 Å². The molecule has 2 heterocycles. The number of hydrogen-bond acceptors (Lipinski definition) is 2. The summed E-state index contributed by atoms with van der Waals surface area (Å²) in [7, 11) is 0. The van der Waals surface area contributed by atoms with Crippen molar-refractivity contribution in [3.05, 3.63) is 0 Å². The second-order valence-electron chi connectivity index (χ2n) is 7.63. The Morgan fingerprint density at radius 3 is 1.05 bits per heavy atom. The second-order valence-corrected chi connectivity index (χ2v) is 7.63. The third-order valence-electron chi connectivity index (χ3n) is 5.60. The Morgan fingerprint density at radius 1 is 0.364 bits per heavy atom. The van der Waals surface area contributed by atoms with Gasteiger partial charge in [-0.2, -0.15) is 0 Å². The maximum Gasteiger partial charge on any atom is -0.00187 e. The van der Waals surface area contributed by atoms with Crippen LogP contribution in [0.25, 0.3) is 0 Å². The molecule has 130 valence electrons. The normalized spacial score (nSPS) is 22.4. The Hall–Kier alpha value is -0.0800. The molecule has 0 saturated carbocycles. The van der Waals surface area contributed by atoms with Crippen molar-refractivity contribution < 1.29 is 0 Å². The van der Waals surface area contributed by atoms with Gasteiger partial charge in [0, 0.05) is 0 Å². The summed E-state index contributed by atoms with van der Waals surface area (Å²) in [6.45, 7) is 8.22. The van der Waals surface area contributed by atoms with Crippen molar-refractivity contribution >= 4 is 0 Å². The number of unbranched alkanes of at least 4 members (excludes halogenated alkanes) is 5. The first kappa shape index (κ1) is 18.3. The van der Waals surface area contributed by atoms with Gasteiger partial charge in [0.05, 0.1) is 0 Å². The number of rotatable bonds is 9. The molecule has 0 aromatic heterocycles. The third kappa shape index (κ3) is 8.53. The summed E-state index contributed by atoms with van der Waals surface area (Å²) in [6, 6.07) is 0. The molecule has 0 atom stereocenters. The first-order chi connectivity index (χ1) is 10.9. The van der Waals surface area contributed by atoms with Crippen LogP contribution in [0.15, 0.2) is 0 Å². The van der Waals surface area contributed by atoms with Crippen molar-refractivity contribution in [2.75, 3.05) is 39.3 Å². The summed E-state index contributed by atoms with van der Waals surface area (Å²) in [4.78, 5) is 5.43. The highest BCUT2D eigenvalue weighted by molar-refractivity contribution is 4.64. The Kier molecular flexibility index (Phi) is 10.3. The van der Waals surface area contributed by atoms with E-state index in [0.29, 0.717) is 0 Å². The lowest BCUT2D eigenvalue weighted by molar-refractivity contribution is 0.273. The zero-order chi connectivity index (χ0) is 15.3. The average Bonchev–Trinajstić information content (AvgIpc) is 2.94. The predicted molar refractivity (Wildman–Crippen MR) is 97.5 cm³/mol. The maximum atomic E-state index is 2.71. The van der Waals surface area contributed by atoms with E-state index < -0.39 is 0 Å². The van der Waals surface area contributed by atoms with Gasteiger partial charge in [-0.25, -0.2) is 0 Å². The van der Waals surface area contributed by atoms with E-state index in [2.05, 4.69) is 9.80 Å². The summed E-state index contributed by atoms with van der Waals surface area (Å²) in [6.07, 6.45) is 20.3. The highest BCUT2D eigenvalue weighted by Crippen LogP contribution is 2.13. The number of hydrogen-bond donors (Lipinski definition) is 0. The van der Waals surface area contributed by atoms with Gasteiger partial charge in [0.2, 0.25) is 0 Å². The lowest BCUT2D eigenvalue weighted by atomic mass is 10.1. The van der Waals surface area contributed by atoms with Gasteiger partial charge < -0.3 is 9.80 Å². The fourth-order valence-corrected chi connectivity index (χ4v) is 4.10. The molecule has 0 aromatic carbocycles. The van der Waals surface area contributed by atoms with Crippen molar-refractivity contribution in [1.82, 2.24) is 9.80 Å². The minimum Gasteiger partial charge on any atom is -0.303 e. The van der Waals surface area contributed by atoms with Gasteiger partial charge in [-0.1, -0.05) is 51.4 Å². The number of nitrogens with zero attached hydrogens (tertiary/aromatic N) is 2. The van der Waals surface area contributed by atoms with E-state index in [1.54, 1.807) is 0 Å². The van der Waals surface area contributed by atoms with Crippen molar-refractivity contribution in [2.24, 2.45) is 0 Å². The van der Waals surface area contributed by atoms with Crippen LogP contribution in [0, 0.1) is 0 Å². The summed E-state index contributed by atoms with van der Waals surface area (Å²) < 4.78 is 0. The summed E-state index contributed by atoms with van der Waals surface area (Å²) in [5, 5.41) is 0. The first-order valence-corrected chi connectivity index (χ1v) is 10.4. The molecule has 0 aliphatic carbocycles. The molecule has 22 heavy (non-hydrogen) atoms. The van der Waals surface area contributed by atoms with Gasteiger partial charge in [-0.05, 0) is 77.8 Å². The van der Waals surface area contributed by atoms with Crippen LogP contribution in [-0.2, 0) is 0 Å². The minimum absolute atomic E-state index is 1.37.